The van der Waals surface area contributed by atoms with Crippen molar-refractivity contribution >= 4 is 5.82 Å². The zero-order valence-electron chi connectivity index (χ0n) is 12.4. The summed E-state index contributed by atoms with van der Waals surface area (Å²) in [6.07, 6.45) is 3.13. The van der Waals surface area contributed by atoms with E-state index in [4.69, 9.17) is 4.42 Å². The minimum Gasteiger partial charge on any atom is -0.464 e. The predicted octanol–water partition coefficient (Wildman–Crippen LogP) is 2.43. The highest BCUT2D eigenvalue weighted by Gasteiger charge is 2.36. The van der Waals surface area contributed by atoms with E-state index in [1.54, 1.807) is 0 Å². The Morgan fingerprint density at radius 2 is 2.33 bits per heavy atom. The summed E-state index contributed by atoms with van der Waals surface area (Å²) in [5.74, 6) is 5.37. The van der Waals surface area contributed by atoms with Crippen molar-refractivity contribution in [3.63, 3.8) is 0 Å². The molecule has 2 aliphatic rings. The fourth-order valence-corrected chi connectivity index (χ4v) is 3.13. The van der Waals surface area contributed by atoms with Gasteiger partial charge in [0, 0.05) is 37.5 Å². The van der Waals surface area contributed by atoms with Gasteiger partial charge in [0.05, 0.1) is 12.7 Å². The molecule has 21 heavy (non-hydrogen) atoms. The van der Waals surface area contributed by atoms with Gasteiger partial charge in [0.2, 0.25) is 0 Å². The Hall–Kier alpha value is -1.75. The maximum Gasteiger partial charge on any atom is 0.124 e. The Bertz CT molecular complexity index is 617. The van der Waals surface area contributed by atoms with Crippen LogP contribution in [0.3, 0.4) is 0 Å². The minimum atomic E-state index is 0.565. The van der Waals surface area contributed by atoms with Gasteiger partial charge in [-0.1, -0.05) is 6.92 Å². The first kappa shape index (κ1) is 13.0. The molecule has 1 saturated carbocycles. The Balaban J connectivity index is 1.25. The average Bonchev–Trinajstić information content (AvgIpc) is 2.93. The number of hydrogen-bond donors (Lipinski definition) is 2. The first-order valence-corrected chi connectivity index (χ1v) is 7.84. The van der Waals surface area contributed by atoms with Crippen molar-refractivity contribution in [2.75, 3.05) is 18.4 Å². The van der Waals surface area contributed by atoms with Crippen LogP contribution in [0.15, 0.2) is 28.8 Å². The van der Waals surface area contributed by atoms with E-state index in [2.05, 4.69) is 34.8 Å². The second kappa shape index (κ2) is 5.22. The molecule has 3 atom stereocenters. The lowest BCUT2D eigenvalue weighted by molar-refractivity contribution is 0.377. The maximum absolute atomic E-state index is 5.92. The lowest BCUT2D eigenvalue weighted by Gasteiger charge is -2.25. The van der Waals surface area contributed by atoms with Gasteiger partial charge < -0.3 is 15.1 Å². The van der Waals surface area contributed by atoms with Crippen LogP contribution in [0.4, 0.5) is 5.82 Å². The number of rotatable bonds is 5. The van der Waals surface area contributed by atoms with Crippen LogP contribution in [0, 0.1) is 11.8 Å². The number of aromatic nitrogens is 2. The summed E-state index contributed by atoms with van der Waals surface area (Å²) < 4.78 is 7.95. The van der Waals surface area contributed by atoms with Crippen molar-refractivity contribution in [1.82, 2.24) is 15.1 Å². The Labute approximate surface area is 124 Å². The van der Waals surface area contributed by atoms with Gasteiger partial charge in [0.15, 0.2) is 0 Å². The topological polar surface area (TPSA) is 55.0 Å². The van der Waals surface area contributed by atoms with Crippen LogP contribution in [0.25, 0.3) is 0 Å². The van der Waals surface area contributed by atoms with Gasteiger partial charge in [0.1, 0.15) is 17.3 Å². The average molecular weight is 286 g/mol. The molecule has 0 aromatic carbocycles. The molecule has 1 aliphatic heterocycles. The highest BCUT2D eigenvalue weighted by Crippen LogP contribution is 2.47. The van der Waals surface area contributed by atoms with Gasteiger partial charge in [-0.15, -0.1) is 0 Å². The smallest absolute Gasteiger partial charge is 0.124 e. The van der Waals surface area contributed by atoms with E-state index in [0.29, 0.717) is 11.8 Å². The van der Waals surface area contributed by atoms with Gasteiger partial charge in [0.25, 0.3) is 0 Å². The highest BCUT2D eigenvalue weighted by atomic mass is 16.3. The quantitative estimate of drug-likeness (QED) is 0.886. The number of hydrogen-bond acceptors (Lipinski definition) is 4. The number of nitrogens with one attached hydrogen (secondary N) is 2. The first-order chi connectivity index (χ1) is 10.3. The standard InChI is InChI=1S/C16H22N4O/c1-11-6-14(11)15-3-2-13(21-15)9-17-7-12-8-18-16-4-5-19-20(16)10-12/h2-5,11-12,14,17-18H,6-10H2,1H3/t11-,12-,14+/m1/s1. The number of furan rings is 1. The molecule has 0 spiro atoms. The molecular weight excluding hydrogens is 264 g/mol. The van der Waals surface area contributed by atoms with Gasteiger partial charge in [-0.05, 0) is 24.5 Å². The third-order valence-corrected chi connectivity index (χ3v) is 4.61. The van der Waals surface area contributed by atoms with Crippen molar-refractivity contribution in [2.24, 2.45) is 11.8 Å². The summed E-state index contributed by atoms with van der Waals surface area (Å²) in [4.78, 5) is 0. The number of nitrogens with zero attached hydrogens (tertiary/aromatic N) is 2. The summed E-state index contributed by atoms with van der Waals surface area (Å²) in [5.41, 5.74) is 0. The monoisotopic (exact) mass is 286 g/mol. The fourth-order valence-electron chi connectivity index (χ4n) is 3.13. The summed E-state index contributed by atoms with van der Waals surface area (Å²) in [6, 6.07) is 6.27. The molecular formula is C16H22N4O. The summed E-state index contributed by atoms with van der Waals surface area (Å²) in [5, 5.41) is 11.2. The summed E-state index contributed by atoms with van der Waals surface area (Å²) in [7, 11) is 0. The number of anilines is 1. The zero-order valence-corrected chi connectivity index (χ0v) is 12.4. The van der Waals surface area contributed by atoms with Crippen LogP contribution in [-0.4, -0.2) is 22.9 Å². The van der Waals surface area contributed by atoms with Crippen LogP contribution in [0.1, 0.15) is 30.8 Å². The molecule has 2 aromatic rings. The molecule has 0 radical (unpaired) electrons. The first-order valence-electron chi connectivity index (χ1n) is 7.84. The Morgan fingerprint density at radius 3 is 3.19 bits per heavy atom. The largest absolute Gasteiger partial charge is 0.464 e. The molecule has 1 aliphatic carbocycles. The zero-order chi connectivity index (χ0) is 14.2. The normalized spacial score (nSPS) is 27.2. The van der Waals surface area contributed by atoms with E-state index in [0.717, 1.165) is 43.7 Å². The highest BCUT2D eigenvalue weighted by molar-refractivity contribution is 5.35. The molecule has 2 aromatic heterocycles. The third-order valence-electron chi connectivity index (χ3n) is 4.61. The fraction of sp³-hybridized carbons (Fsp3) is 0.562. The van der Waals surface area contributed by atoms with Crippen molar-refractivity contribution in [1.29, 1.82) is 0 Å². The van der Waals surface area contributed by atoms with Gasteiger partial charge in [-0.3, -0.25) is 0 Å². The minimum absolute atomic E-state index is 0.565. The second-order valence-corrected chi connectivity index (χ2v) is 6.40. The predicted molar refractivity (Wildman–Crippen MR) is 81.1 cm³/mol. The molecule has 2 N–H and O–H groups in total. The van der Waals surface area contributed by atoms with Crippen LogP contribution >= 0.6 is 0 Å². The van der Waals surface area contributed by atoms with E-state index in [-0.39, 0.29) is 0 Å². The van der Waals surface area contributed by atoms with Crippen LogP contribution in [-0.2, 0) is 13.1 Å². The number of fused-ring (bicyclic) bond motifs is 1. The molecule has 0 amide bonds. The lowest BCUT2D eigenvalue weighted by Crippen LogP contribution is -2.35. The lowest BCUT2D eigenvalue weighted by atomic mass is 10.1. The molecule has 5 heteroatoms. The van der Waals surface area contributed by atoms with E-state index in [1.165, 1.54) is 12.2 Å². The SMILES string of the molecule is C[C@@H]1C[C@@H]1c1ccc(CNC[C@@H]2CNc3ccnn3C2)o1. The third kappa shape index (κ3) is 2.70. The van der Waals surface area contributed by atoms with E-state index < -0.39 is 0 Å². The molecule has 1 fully saturated rings. The maximum atomic E-state index is 5.92. The summed E-state index contributed by atoms with van der Waals surface area (Å²) in [6.45, 7) is 6.05. The van der Waals surface area contributed by atoms with Crippen molar-refractivity contribution in [2.45, 2.75) is 32.4 Å². The van der Waals surface area contributed by atoms with Gasteiger partial charge in [-0.25, -0.2) is 4.68 Å². The Morgan fingerprint density at radius 1 is 1.43 bits per heavy atom. The van der Waals surface area contributed by atoms with Crippen molar-refractivity contribution in [3.8, 4) is 0 Å². The van der Waals surface area contributed by atoms with Gasteiger partial charge in [-0.2, -0.15) is 5.10 Å². The molecule has 3 heterocycles. The van der Waals surface area contributed by atoms with E-state index in [1.807, 2.05) is 16.9 Å². The van der Waals surface area contributed by atoms with Crippen LogP contribution in [0.2, 0.25) is 0 Å². The van der Waals surface area contributed by atoms with E-state index >= 15 is 0 Å². The van der Waals surface area contributed by atoms with Crippen molar-refractivity contribution < 1.29 is 4.42 Å². The van der Waals surface area contributed by atoms with Crippen LogP contribution in [0.5, 0.6) is 0 Å². The van der Waals surface area contributed by atoms with Crippen LogP contribution < -0.4 is 10.6 Å². The molecule has 0 saturated heterocycles. The summed E-state index contributed by atoms with van der Waals surface area (Å²) >= 11 is 0. The van der Waals surface area contributed by atoms with Gasteiger partial charge >= 0.3 is 0 Å². The molecule has 0 bridgehead atoms. The van der Waals surface area contributed by atoms with E-state index in [9.17, 15) is 0 Å². The molecule has 0 unspecified atom stereocenters. The molecule has 5 nitrogen and oxygen atoms in total. The van der Waals surface area contributed by atoms with Crippen molar-refractivity contribution in [3.05, 3.63) is 35.9 Å². The Kier molecular flexibility index (Phi) is 3.22. The second-order valence-electron chi connectivity index (χ2n) is 6.40. The molecule has 112 valence electrons. The molecule has 4 rings (SSSR count).